The fourth-order valence-corrected chi connectivity index (χ4v) is 9.53. The average Bonchev–Trinajstić information content (AvgIpc) is 3.87. The molecule has 0 saturated carbocycles. The molecule has 0 aliphatic carbocycles. The Morgan fingerprint density at radius 3 is 1.03 bits per heavy atom. The van der Waals surface area contributed by atoms with Crippen molar-refractivity contribution in [1.82, 2.24) is 9.13 Å². The van der Waals surface area contributed by atoms with Crippen LogP contribution in [0, 0.1) is 0 Å². The summed E-state index contributed by atoms with van der Waals surface area (Å²) in [5, 5.41) is 4.97. The topological polar surface area (TPSA) is 9.86 Å². The van der Waals surface area contributed by atoms with Gasteiger partial charge in [-0.25, -0.2) is 0 Å². The van der Waals surface area contributed by atoms with Gasteiger partial charge in [-0.15, -0.1) is 0 Å². The molecule has 2 nitrogen and oxygen atoms in total. The number of hydrogen-bond acceptors (Lipinski definition) is 0. The van der Waals surface area contributed by atoms with Crippen LogP contribution in [-0.4, -0.2) is 9.13 Å². The van der Waals surface area contributed by atoms with Crippen LogP contribution in [0.1, 0.15) is 0 Å². The molecule has 0 N–H and O–H groups in total. The highest BCUT2D eigenvalue weighted by Gasteiger charge is 2.17. The second-order valence-corrected chi connectivity index (χ2v) is 16.2. The Morgan fingerprint density at radius 2 is 0.516 bits per heavy atom. The summed E-state index contributed by atoms with van der Waals surface area (Å²) in [6, 6.07) is 88.4. The summed E-state index contributed by atoms with van der Waals surface area (Å²) >= 11 is 0. The number of para-hydroxylation sites is 2. The molecule has 290 valence electrons. The van der Waals surface area contributed by atoms with Crippen molar-refractivity contribution < 1.29 is 0 Å². The van der Waals surface area contributed by atoms with Crippen molar-refractivity contribution in [3.63, 3.8) is 0 Å². The summed E-state index contributed by atoms with van der Waals surface area (Å²) in [5.41, 5.74) is 19.1. The van der Waals surface area contributed by atoms with Crippen molar-refractivity contribution in [2.45, 2.75) is 0 Å². The van der Waals surface area contributed by atoms with Crippen LogP contribution in [0.5, 0.6) is 0 Å². The first-order chi connectivity index (χ1) is 30.7. The Labute approximate surface area is 360 Å². The van der Waals surface area contributed by atoms with Crippen LogP contribution < -0.4 is 0 Å². The summed E-state index contributed by atoms with van der Waals surface area (Å²) in [6.07, 6.45) is 0. The number of fused-ring (bicyclic) bond motifs is 6. The molecule has 0 amide bonds. The largest absolute Gasteiger partial charge is 0.309 e. The molecule has 0 radical (unpaired) electrons. The van der Waals surface area contributed by atoms with E-state index >= 15 is 0 Å². The van der Waals surface area contributed by atoms with E-state index in [0.717, 1.165) is 11.4 Å². The predicted molar refractivity (Wildman–Crippen MR) is 262 cm³/mol. The van der Waals surface area contributed by atoms with E-state index in [1.807, 2.05) is 0 Å². The van der Waals surface area contributed by atoms with Crippen LogP contribution in [-0.2, 0) is 0 Å². The first-order valence-electron chi connectivity index (χ1n) is 21.3. The second kappa shape index (κ2) is 14.8. The molecule has 0 spiro atoms. The summed E-state index contributed by atoms with van der Waals surface area (Å²) in [7, 11) is 0. The number of rotatable bonds is 7. The van der Waals surface area contributed by atoms with Crippen LogP contribution in [0.2, 0.25) is 0 Å². The summed E-state index contributed by atoms with van der Waals surface area (Å²) in [5.74, 6) is 0. The van der Waals surface area contributed by atoms with E-state index in [9.17, 15) is 0 Å². The molecule has 0 bridgehead atoms. The molecule has 2 heterocycles. The maximum Gasteiger partial charge on any atom is 0.0541 e. The molecule has 62 heavy (non-hydrogen) atoms. The first-order valence-corrected chi connectivity index (χ1v) is 21.3. The zero-order valence-electron chi connectivity index (χ0n) is 34.0. The molecule has 10 aromatic carbocycles. The number of benzene rings is 10. The molecule has 0 saturated heterocycles. The molecular weight excluding hydrogens is 749 g/mol. The van der Waals surface area contributed by atoms with Gasteiger partial charge in [-0.3, -0.25) is 0 Å². The van der Waals surface area contributed by atoms with Gasteiger partial charge in [0.1, 0.15) is 0 Å². The molecule has 12 rings (SSSR count). The summed E-state index contributed by atoms with van der Waals surface area (Å²) in [4.78, 5) is 0. The second-order valence-electron chi connectivity index (χ2n) is 16.2. The van der Waals surface area contributed by atoms with Gasteiger partial charge >= 0.3 is 0 Å². The molecule has 2 heteroatoms. The molecule has 0 fully saturated rings. The van der Waals surface area contributed by atoms with Crippen molar-refractivity contribution in [3.05, 3.63) is 243 Å². The lowest BCUT2D eigenvalue weighted by molar-refractivity contribution is 1.18. The Bertz CT molecular complexity index is 3550. The van der Waals surface area contributed by atoms with E-state index in [1.165, 1.54) is 99.2 Å². The standard InChI is InChI=1S/C60H40N2/c1-4-16-41(17-5-1)46-24-15-25-51(36-46)61-57-28-12-10-26-53(57)55-39-47(30-32-59(55)61)44-22-14-23-45(34-44)48-31-33-60-56(40-48)54-27-11-13-29-58(54)62(60)52-37-49(42-18-6-2-7-19-42)35-50(38-52)43-20-8-3-9-21-43/h1-40H. The smallest absolute Gasteiger partial charge is 0.0541 e. The molecule has 0 atom stereocenters. The fourth-order valence-electron chi connectivity index (χ4n) is 9.53. The van der Waals surface area contributed by atoms with Gasteiger partial charge in [-0.05, 0) is 128 Å². The molecule has 12 aromatic rings. The minimum Gasteiger partial charge on any atom is -0.309 e. The first kappa shape index (κ1) is 35.7. The van der Waals surface area contributed by atoms with Gasteiger partial charge in [0.25, 0.3) is 0 Å². The van der Waals surface area contributed by atoms with Crippen LogP contribution in [0.25, 0.3) is 111 Å². The van der Waals surface area contributed by atoms with E-state index in [-0.39, 0.29) is 0 Å². The normalized spacial score (nSPS) is 11.5. The number of aromatic nitrogens is 2. The van der Waals surface area contributed by atoms with Crippen molar-refractivity contribution in [2.24, 2.45) is 0 Å². The van der Waals surface area contributed by atoms with E-state index in [0.29, 0.717) is 0 Å². The lowest BCUT2D eigenvalue weighted by atomic mass is 9.97. The molecule has 0 unspecified atom stereocenters. The van der Waals surface area contributed by atoms with Crippen molar-refractivity contribution >= 4 is 43.6 Å². The summed E-state index contributed by atoms with van der Waals surface area (Å²) in [6.45, 7) is 0. The zero-order chi connectivity index (χ0) is 41.0. The lowest BCUT2D eigenvalue weighted by Crippen LogP contribution is -1.96. The molecule has 0 aliphatic rings. The van der Waals surface area contributed by atoms with Gasteiger partial charge in [0, 0.05) is 32.9 Å². The van der Waals surface area contributed by atoms with Gasteiger partial charge < -0.3 is 9.13 Å². The van der Waals surface area contributed by atoms with Gasteiger partial charge in [0.15, 0.2) is 0 Å². The van der Waals surface area contributed by atoms with Crippen molar-refractivity contribution in [2.75, 3.05) is 0 Å². The van der Waals surface area contributed by atoms with E-state index in [1.54, 1.807) is 0 Å². The highest BCUT2D eigenvalue weighted by atomic mass is 15.0. The van der Waals surface area contributed by atoms with Crippen LogP contribution in [0.3, 0.4) is 0 Å². The highest BCUT2D eigenvalue weighted by molar-refractivity contribution is 6.12. The maximum absolute atomic E-state index is 2.44. The highest BCUT2D eigenvalue weighted by Crippen LogP contribution is 2.40. The average molecular weight is 789 g/mol. The minimum absolute atomic E-state index is 1.15. The maximum atomic E-state index is 2.44. The van der Waals surface area contributed by atoms with Crippen molar-refractivity contribution in [3.8, 4) is 67.0 Å². The van der Waals surface area contributed by atoms with Crippen LogP contribution in [0.15, 0.2) is 243 Å². The van der Waals surface area contributed by atoms with Crippen LogP contribution in [0.4, 0.5) is 0 Å². The third-order valence-electron chi connectivity index (χ3n) is 12.5. The molecule has 0 aliphatic heterocycles. The lowest BCUT2D eigenvalue weighted by Gasteiger charge is -2.14. The molecular formula is C60H40N2. The number of hydrogen-bond donors (Lipinski definition) is 0. The predicted octanol–water partition coefficient (Wildman–Crippen LogP) is 16.2. The van der Waals surface area contributed by atoms with Gasteiger partial charge in [0.2, 0.25) is 0 Å². The quantitative estimate of drug-likeness (QED) is 0.152. The van der Waals surface area contributed by atoms with Gasteiger partial charge in [0.05, 0.1) is 22.1 Å². The monoisotopic (exact) mass is 788 g/mol. The molecule has 2 aromatic heterocycles. The zero-order valence-corrected chi connectivity index (χ0v) is 34.0. The van der Waals surface area contributed by atoms with E-state index in [2.05, 4.69) is 252 Å². The number of nitrogens with zero attached hydrogens (tertiary/aromatic N) is 2. The Hall–Kier alpha value is -8.20. The van der Waals surface area contributed by atoms with Crippen LogP contribution >= 0.6 is 0 Å². The Balaban J connectivity index is 0.959. The third kappa shape index (κ3) is 6.12. The van der Waals surface area contributed by atoms with E-state index in [4.69, 9.17) is 0 Å². The summed E-state index contributed by atoms with van der Waals surface area (Å²) < 4.78 is 4.84. The van der Waals surface area contributed by atoms with Gasteiger partial charge in [-0.1, -0.05) is 170 Å². The third-order valence-corrected chi connectivity index (χ3v) is 12.5. The minimum atomic E-state index is 1.15. The van der Waals surface area contributed by atoms with E-state index < -0.39 is 0 Å². The fraction of sp³-hybridized carbons (Fsp3) is 0. The Morgan fingerprint density at radius 1 is 0.177 bits per heavy atom. The van der Waals surface area contributed by atoms with Crippen molar-refractivity contribution in [1.29, 1.82) is 0 Å². The van der Waals surface area contributed by atoms with Gasteiger partial charge in [-0.2, -0.15) is 0 Å². The SMILES string of the molecule is c1ccc(-c2cccc(-n3c4ccccc4c4cc(-c5cccc(-c6ccc7c(c6)c6ccccc6n7-c6cc(-c7ccccc7)cc(-c7ccccc7)c6)c5)ccc43)c2)cc1. The Kier molecular flexibility index (Phi) is 8.53.